The Morgan fingerprint density at radius 2 is 1.83 bits per heavy atom. The van der Waals surface area contributed by atoms with Crippen molar-refractivity contribution in [2.45, 2.75) is 102 Å². The molecule has 0 radical (unpaired) electrons. The zero-order valence-corrected chi connectivity index (χ0v) is 22.7. The van der Waals surface area contributed by atoms with Gasteiger partial charge in [0.15, 0.2) is 0 Å². The molecule has 2 fully saturated rings. The zero-order chi connectivity index (χ0) is 26.3. The zero-order valence-electron chi connectivity index (χ0n) is 21.8. The third-order valence-corrected chi connectivity index (χ3v) is 7.20. The number of benzene rings is 1. The molecule has 198 valence electrons. The molecule has 0 aromatic heterocycles. The SMILES string of the molecule is C=Cc1cccc(C(C(=O)NC2CCCCC2)N(C(=O)C(CS)NC(=O)OC(C)(C)C)C2CCC2)c1. The van der Waals surface area contributed by atoms with Crippen molar-refractivity contribution in [3.8, 4) is 0 Å². The molecule has 0 aliphatic heterocycles. The highest BCUT2D eigenvalue weighted by Crippen LogP contribution is 2.34. The Morgan fingerprint density at radius 3 is 2.39 bits per heavy atom. The molecule has 2 atom stereocenters. The van der Waals surface area contributed by atoms with Gasteiger partial charge in [-0.15, -0.1) is 0 Å². The normalized spacial score (nSPS) is 18.3. The van der Waals surface area contributed by atoms with E-state index in [0.29, 0.717) is 0 Å². The number of ether oxygens (including phenoxy) is 1. The number of hydrogen-bond donors (Lipinski definition) is 3. The average Bonchev–Trinajstić information content (AvgIpc) is 2.80. The van der Waals surface area contributed by atoms with Crippen molar-refractivity contribution in [1.29, 1.82) is 0 Å². The highest BCUT2D eigenvalue weighted by Gasteiger charge is 2.42. The van der Waals surface area contributed by atoms with E-state index in [1.54, 1.807) is 31.7 Å². The van der Waals surface area contributed by atoms with E-state index in [4.69, 9.17) is 4.74 Å². The maximum Gasteiger partial charge on any atom is 0.408 e. The van der Waals surface area contributed by atoms with E-state index in [0.717, 1.165) is 56.1 Å². The summed E-state index contributed by atoms with van der Waals surface area (Å²) in [6.45, 7) is 9.16. The second-order valence-corrected chi connectivity index (χ2v) is 11.2. The van der Waals surface area contributed by atoms with Crippen molar-refractivity contribution in [2.75, 3.05) is 5.75 Å². The highest BCUT2D eigenvalue weighted by atomic mass is 32.1. The molecule has 8 heteroatoms. The third-order valence-electron chi connectivity index (χ3n) is 6.83. The molecule has 2 unspecified atom stereocenters. The lowest BCUT2D eigenvalue weighted by molar-refractivity contribution is -0.147. The minimum Gasteiger partial charge on any atom is -0.444 e. The Hall–Kier alpha value is -2.48. The molecule has 3 rings (SSSR count). The monoisotopic (exact) mass is 515 g/mol. The lowest BCUT2D eigenvalue weighted by Gasteiger charge is -2.44. The predicted molar refractivity (Wildman–Crippen MR) is 146 cm³/mol. The van der Waals surface area contributed by atoms with Gasteiger partial charge in [0.1, 0.15) is 17.7 Å². The van der Waals surface area contributed by atoms with Gasteiger partial charge in [-0.25, -0.2) is 4.79 Å². The van der Waals surface area contributed by atoms with Gasteiger partial charge in [-0.3, -0.25) is 9.59 Å². The smallest absolute Gasteiger partial charge is 0.408 e. The summed E-state index contributed by atoms with van der Waals surface area (Å²) in [5, 5.41) is 5.91. The quantitative estimate of drug-likeness (QED) is 0.403. The number of rotatable bonds is 9. The van der Waals surface area contributed by atoms with Crippen LogP contribution in [0.5, 0.6) is 0 Å². The van der Waals surface area contributed by atoms with E-state index in [1.807, 2.05) is 24.3 Å². The van der Waals surface area contributed by atoms with Crippen molar-refractivity contribution in [3.05, 3.63) is 42.0 Å². The molecule has 2 saturated carbocycles. The molecule has 3 amide bonds. The van der Waals surface area contributed by atoms with E-state index in [2.05, 4.69) is 29.8 Å². The molecule has 0 heterocycles. The van der Waals surface area contributed by atoms with Crippen LogP contribution in [0.3, 0.4) is 0 Å². The van der Waals surface area contributed by atoms with E-state index in [9.17, 15) is 14.4 Å². The van der Waals surface area contributed by atoms with Crippen molar-refractivity contribution in [1.82, 2.24) is 15.5 Å². The van der Waals surface area contributed by atoms with Gasteiger partial charge in [0.2, 0.25) is 11.8 Å². The predicted octanol–water partition coefficient (Wildman–Crippen LogP) is 5.02. The third kappa shape index (κ3) is 7.51. The largest absolute Gasteiger partial charge is 0.444 e. The second kappa shape index (κ2) is 12.7. The maximum atomic E-state index is 14.0. The van der Waals surface area contributed by atoms with Gasteiger partial charge in [-0.1, -0.05) is 50.1 Å². The van der Waals surface area contributed by atoms with Gasteiger partial charge in [0.25, 0.3) is 0 Å². The Labute approximate surface area is 220 Å². The Bertz CT molecular complexity index is 935. The number of alkyl carbamates (subject to hydrolysis) is 1. The Balaban J connectivity index is 1.94. The van der Waals surface area contributed by atoms with Crippen LogP contribution in [0, 0.1) is 0 Å². The minimum atomic E-state index is -0.920. The van der Waals surface area contributed by atoms with Crippen LogP contribution in [0.25, 0.3) is 6.08 Å². The average molecular weight is 516 g/mol. The number of nitrogens with one attached hydrogen (secondary N) is 2. The van der Waals surface area contributed by atoms with Crippen molar-refractivity contribution >= 4 is 36.6 Å². The maximum absolute atomic E-state index is 14.0. The molecule has 2 N–H and O–H groups in total. The summed E-state index contributed by atoms with van der Waals surface area (Å²) in [5.74, 6) is -0.419. The highest BCUT2D eigenvalue weighted by molar-refractivity contribution is 7.80. The lowest BCUT2D eigenvalue weighted by atomic mass is 9.87. The number of thiol groups is 1. The Morgan fingerprint density at radius 1 is 1.14 bits per heavy atom. The van der Waals surface area contributed by atoms with E-state index in [1.165, 1.54) is 6.42 Å². The summed E-state index contributed by atoms with van der Waals surface area (Å²) in [4.78, 5) is 42.0. The van der Waals surface area contributed by atoms with Gasteiger partial charge in [0, 0.05) is 17.8 Å². The molecule has 7 nitrogen and oxygen atoms in total. The number of amides is 3. The fraction of sp³-hybridized carbons (Fsp3) is 0.607. The van der Waals surface area contributed by atoms with Gasteiger partial charge in [0.05, 0.1) is 0 Å². The molecule has 1 aromatic carbocycles. The van der Waals surface area contributed by atoms with Crippen LogP contribution in [-0.2, 0) is 14.3 Å². The van der Waals surface area contributed by atoms with Crippen molar-refractivity contribution in [3.63, 3.8) is 0 Å². The van der Waals surface area contributed by atoms with E-state index in [-0.39, 0.29) is 29.7 Å². The van der Waals surface area contributed by atoms with Crippen molar-refractivity contribution in [2.24, 2.45) is 0 Å². The van der Waals surface area contributed by atoms with Crippen LogP contribution in [0.1, 0.15) is 89.3 Å². The molecule has 36 heavy (non-hydrogen) atoms. The van der Waals surface area contributed by atoms with Crippen LogP contribution in [0.4, 0.5) is 4.79 Å². The van der Waals surface area contributed by atoms with Crippen LogP contribution >= 0.6 is 12.6 Å². The van der Waals surface area contributed by atoms with Gasteiger partial charge in [-0.2, -0.15) is 12.6 Å². The molecule has 2 aliphatic carbocycles. The molecule has 0 spiro atoms. The minimum absolute atomic E-state index is 0.0881. The Kier molecular flexibility index (Phi) is 9.88. The first kappa shape index (κ1) is 28.1. The van der Waals surface area contributed by atoms with E-state index >= 15 is 0 Å². The number of carbonyl (C=O) groups excluding carboxylic acids is 3. The second-order valence-electron chi connectivity index (χ2n) is 10.8. The van der Waals surface area contributed by atoms with Crippen LogP contribution in [0.2, 0.25) is 0 Å². The van der Waals surface area contributed by atoms with Gasteiger partial charge >= 0.3 is 6.09 Å². The first-order valence-corrected chi connectivity index (χ1v) is 13.7. The topological polar surface area (TPSA) is 87.7 Å². The lowest BCUT2D eigenvalue weighted by Crippen LogP contribution is -2.58. The summed E-state index contributed by atoms with van der Waals surface area (Å²) in [6.07, 6.45) is 8.92. The fourth-order valence-corrected chi connectivity index (χ4v) is 5.07. The molecular weight excluding hydrogens is 474 g/mol. The summed E-state index contributed by atoms with van der Waals surface area (Å²) in [7, 11) is 0. The van der Waals surface area contributed by atoms with E-state index < -0.39 is 23.8 Å². The summed E-state index contributed by atoms with van der Waals surface area (Å²) in [5.41, 5.74) is 0.910. The molecule has 0 bridgehead atoms. The first-order valence-electron chi connectivity index (χ1n) is 13.1. The summed E-state index contributed by atoms with van der Waals surface area (Å²) < 4.78 is 5.38. The summed E-state index contributed by atoms with van der Waals surface area (Å²) in [6, 6.07) is 5.88. The van der Waals surface area contributed by atoms with Gasteiger partial charge in [-0.05, 0) is 70.1 Å². The van der Waals surface area contributed by atoms with Crippen LogP contribution in [0.15, 0.2) is 30.8 Å². The van der Waals surface area contributed by atoms with Crippen LogP contribution in [-0.4, -0.2) is 52.3 Å². The van der Waals surface area contributed by atoms with Crippen molar-refractivity contribution < 1.29 is 19.1 Å². The standard InChI is InChI=1S/C28H41N3O4S/c1-5-19-11-9-12-20(17-19)24(25(32)29-21-13-7-6-8-14-21)31(22-15-10-16-22)26(33)23(18-36)30-27(34)35-28(2,3)4/h5,9,11-12,17,21-24,36H,1,6-8,10,13-16,18H2,2-4H3,(H,29,32)(H,30,34). The molecule has 1 aromatic rings. The molecule has 0 saturated heterocycles. The van der Waals surface area contributed by atoms with Gasteiger partial charge < -0.3 is 20.3 Å². The fourth-order valence-electron chi connectivity index (χ4n) is 4.82. The number of hydrogen-bond acceptors (Lipinski definition) is 5. The van der Waals surface area contributed by atoms with Crippen LogP contribution < -0.4 is 10.6 Å². The number of nitrogens with zero attached hydrogens (tertiary/aromatic N) is 1. The summed E-state index contributed by atoms with van der Waals surface area (Å²) >= 11 is 4.36. The first-order chi connectivity index (χ1) is 17.1. The molecular formula is C28H41N3O4S. The molecule has 2 aliphatic rings. The number of carbonyl (C=O) groups is 3.